The third kappa shape index (κ3) is 3.59. The molecule has 1 aliphatic rings. The summed E-state index contributed by atoms with van der Waals surface area (Å²) in [7, 11) is 0. The lowest BCUT2D eigenvalue weighted by molar-refractivity contribution is -0.0716. The van der Waals surface area contributed by atoms with Gasteiger partial charge in [0, 0.05) is 13.1 Å². The Morgan fingerprint density at radius 1 is 1.31 bits per heavy atom. The van der Waals surface area contributed by atoms with Crippen LogP contribution in [-0.4, -0.2) is 31.9 Å². The molecule has 88 valence electrons. The summed E-state index contributed by atoms with van der Waals surface area (Å²) < 4.78 is 11.4. The number of rotatable bonds is 4. The van der Waals surface area contributed by atoms with Gasteiger partial charge in [-0.15, -0.1) is 0 Å². The maximum atomic E-state index is 5.74. The van der Waals surface area contributed by atoms with Crippen molar-refractivity contribution in [2.45, 2.75) is 25.7 Å². The molecule has 0 aromatic heterocycles. The Kier molecular flexibility index (Phi) is 4.34. The van der Waals surface area contributed by atoms with Crippen molar-refractivity contribution in [2.75, 3.05) is 19.7 Å². The van der Waals surface area contributed by atoms with E-state index in [0.717, 1.165) is 13.1 Å². The fourth-order valence-electron chi connectivity index (χ4n) is 1.85. The Labute approximate surface area is 96.8 Å². The van der Waals surface area contributed by atoms with Gasteiger partial charge in [-0.2, -0.15) is 0 Å². The zero-order valence-corrected chi connectivity index (χ0v) is 9.69. The fraction of sp³-hybridized carbons (Fsp3) is 0.538. The Balaban J connectivity index is 1.68. The summed E-state index contributed by atoms with van der Waals surface area (Å²) in [5, 5.41) is 3.33. The van der Waals surface area contributed by atoms with Crippen LogP contribution in [-0.2, 0) is 16.1 Å². The molecule has 0 amide bonds. The van der Waals surface area contributed by atoms with Crippen LogP contribution < -0.4 is 5.32 Å². The molecule has 0 spiro atoms. The van der Waals surface area contributed by atoms with E-state index >= 15 is 0 Å². The zero-order valence-electron chi connectivity index (χ0n) is 9.69. The molecule has 0 unspecified atom stereocenters. The highest BCUT2D eigenvalue weighted by atomic mass is 16.5. The highest BCUT2D eigenvalue weighted by molar-refractivity contribution is 5.13. The fourth-order valence-corrected chi connectivity index (χ4v) is 1.85. The Hall–Kier alpha value is -0.900. The van der Waals surface area contributed by atoms with Gasteiger partial charge < -0.3 is 14.8 Å². The minimum Gasteiger partial charge on any atom is -0.374 e. The zero-order chi connectivity index (χ0) is 11.2. The first-order valence-electron chi connectivity index (χ1n) is 5.82. The Morgan fingerprint density at radius 3 is 2.88 bits per heavy atom. The molecule has 0 radical (unpaired) electrons. The van der Waals surface area contributed by atoms with E-state index in [2.05, 4.69) is 24.4 Å². The van der Waals surface area contributed by atoms with Gasteiger partial charge in [0.2, 0.25) is 0 Å². The molecule has 1 aromatic rings. The van der Waals surface area contributed by atoms with E-state index in [1.807, 2.05) is 18.2 Å². The second-order valence-electron chi connectivity index (χ2n) is 4.23. The molecule has 0 aliphatic carbocycles. The standard InChI is InChI=1S/C13H19NO2/c1-11-7-14-8-13(16-11)10-15-9-12-5-3-2-4-6-12/h2-6,11,13-14H,7-10H2,1H3/t11-,13+/m1/s1. The molecule has 1 fully saturated rings. The third-order valence-electron chi connectivity index (χ3n) is 2.64. The minimum atomic E-state index is 0.187. The first kappa shape index (κ1) is 11.6. The van der Waals surface area contributed by atoms with E-state index in [1.165, 1.54) is 5.56 Å². The lowest BCUT2D eigenvalue weighted by atomic mass is 10.2. The normalized spacial score (nSPS) is 25.6. The predicted molar refractivity (Wildman–Crippen MR) is 63.3 cm³/mol. The Bertz CT molecular complexity index is 302. The summed E-state index contributed by atoms with van der Waals surface area (Å²) in [6.45, 7) is 5.23. The average molecular weight is 221 g/mol. The van der Waals surface area contributed by atoms with Gasteiger partial charge in [0.25, 0.3) is 0 Å². The first-order valence-corrected chi connectivity index (χ1v) is 5.82. The molecule has 1 saturated heterocycles. The predicted octanol–water partition coefficient (Wildman–Crippen LogP) is 1.58. The van der Waals surface area contributed by atoms with Gasteiger partial charge in [-0.3, -0.25) is 0 Å². The topological polar surface area (TPSA) is 30.5 Å². The van der Waals surface area contributed by atoms with Gasteiger partial charge in [-0.25, -0.2) is 0 Å². The number of hydrogen-bond acceptors (Lipinski definition) is 3. The van der Waals surface area contributed by atoms with Crippen LogP contribution in [0.2, 0.25) is 0 Å². The highest BCUT2D eigenvalue weighted by Crippen LogP contribution is 2.06. The molecular formula is C13H19NO2. The molecule has 3 nitrogen and oxygen atoms in total. The van der Waals surface area contributed by atoms with Crippen LogP contribution in [0.4, 0.5) is 0 Å². The van der Waals surface area contributed by atoms with Crippen molar-refractivity contribution in [3.8, 4) is 0 Å². The van der Waals surface area contributed by atoms with E-state index in [1.54, 1.807) is 0 Å². The number of benzene rings is 1. The van der Waals surface area contributed by atoms with Crippen molar-refractivity contribution in [3.05, 3.63) is 35.9 Å². The summed E-state index contributed by atoms with van der Waals surface area (Å²) in [5.74, 6) is 0. The van der Waals surface area contributed by atoms with E-state index in [9.17, 15) is 0 Å². The largest absolute Gasteiger partial charge is 0.374 e. The van der Waals surface area contributed by atoms with Gasteiger partial charge in [0.15, 0.2) is 0 Å². The monoisotopic (exact) mass is 221 g/mol. The van der Waals surface area contributed by atoms with Crippen LogP contribution in [0, 0.1) is 0 Å². The summed E-state index contributed by atoms with van der Waals surface area (Å²) >= 11 is 0. The second kappa shape index (κ2) is 5.99. The van der Waals surface area contributed by atoms with Crippen molar-refractivity contribution in [3.63, 3.8) is 0 Å². The molecule has 0 bridgehead atoms. The smallest absolute Gasteiger partial charge is 0.0936 e. The SMILES string of the molecule is C[C@@H]1CNC[C@@H](COCc2ccccc2)O1. The molecule has 2 atom stereocenters. The molecule has 3 heteroatoms. The quantitative estimate of drug-likeness (QED) is 0.837. The van der Waals surface area contributed by atoms with E-state index < -0.39 is 0 Å². The molecular weight excluding hydrogens is 202 g/mol. The molecule has 2 rings (SSSR count). The van der Waals surface area contributed by atoms with Gasteiger partial charge in [-0.1, -0.05) is 30.3 Å². The Morgan fingerprint density at radius 2 is 2.12 bits per heavy atom. The number of morpholine rings is 1. The molecule has 1 N–H and O–H groups in total. The van der Waals surface area contributed by atoms with Gasteiger partial charge in [-0.05, 0) is 12.5 Å². The van der Waals surface area contributed by atoms with Crippen LogP contribution in [0.15, 0.2) is 30.3 Å². The molecule has 1 aliphatic heterocycles. The number of ether oxygens (including phenoxy) is 2. The summed E-state index contributed by atoms with van der Waals surface area (Å²) in [4.78, 5) is 0. The van der Waals surface area contributed by atoms with Crippen molar-refractivity contribution in [2.24, 2.45) is 0 Å². The minimum absolute atomic E-state index is 0.187. The summed E-state index contributed by atoms with van der Waals surface area (Å²) in [6.07, 6.45) is 0.478. The van der Waals surface area contributed by atoms with Crippen LogP contribution >= 0.6 is 0 Å². The number of hydrogen-bond donors (Lipinski definition) is 1. The van der Waals surface area contributed by atoms with Gasteiger partial charge >= 0.3 is 0 Å². The molecule has 1 aromatic carbocycles. The summed E-state index contributed by atoms with van der Waals surface area (Å²) in [5.41, 5.74) is 1.21. The number of nitrogens with one attached hydrogen (secondary N) is 1. The highest BCUT2D eigenvalue weighted by Gasteiger charge is 2.18. The summed E-state index contributed by atoms with van der Waals surface area (Å²) in [6, 6.07) is 10.2. The van der Waals surface area contributed by atoms with E-state index in [-0.39, 0.29) is 6.10 Å². The van der Waals surface area contributed by atoms with Gasteiger partial charge in [0.05, 0.1) is 25.4 Å². The van der Waals surface area contributed by atoms with Crippen LogP contribution in [0.1, 0.15) is 12.5 Å². The van der Waals surface area contributed by atoms with Crippen LogP contribution in [0.25, 0.3) is 0 Å². The van der Waals surface area contributed by atoms with Gasteiger partial charge in [0.1, 0.15) is 0 Å². The first-order chi connectivity index (χ1) is 7.84. The lowest BCUT2D eigenvalue weighted by Crippen LogP contribution is -2.45. The van der Waals surface area contributed by atoms with Crippen molar-refractivity contribution in [1.82, 2.24) is 5.32 Å². The van der Waals surface area contributed by atoms with Crippen LogP contribution in [0.3, 0.4) is 0 Å². The second-order valence-corrected chi connectivity index (χ2v) is 4.23. The lowest BCUT2D eigenvalue weighted by Gasteiger charge is -2.28. The third-order valence-corrected chi connectivity index (χ3v) is 2.64. The molecule has 0 saturated carbocycles. The van der Waals surface area contributed by atoms with Crippen molar-refractivity contribution in [1.29, 1.82) is 0 Å². The van der Waals surface area contributed by atoms with E-state index in [4.69, 9.17) is 9.47 Å². The molecule has 1 heterocycles. The average Bonchev–Trinajstić information content (AvgIpc) is 2.30. The maximum absolute atomic E-state index is 5.74. The maximum Gasteiger partial charge on any atom is 0.0936 e. The molecule has 16 heavy (non-hydrogen) atoms. The van der Waals surface area contributed by atoms with Crippen molar-refractivity contribution < 1.29 is 9.47 Å². The van der Waals surface area contributed by atoms with Crippen molar-refractivity contribution >= 4 is 0 Å². The van der Waals surface area contributed by atoms with Crippen LogP contribution in [0.5, 0.6) is 0 Å². The van der Waals surface area contributed by atoms with E-state index in [0.29, 0.717) is 19.3 Å².